The average Bonchev–Trinajstić information content (AvgIpc) is 2.57. The fourth-order valence-electron chi connectivity index (χ4n) is 3.13. The first kappa shape index (κ1) is 18.3. The van der Waals surface area contributed by atoms with Gasteiger partial charge in [0.1, 0.15) is 24.4 Å². The highest BCUT2D eigenvalue weighted by atomic mass is 16.8. The Labute approximate surface area is 147 Å². The number of carbonyl (C=O) groups excluding carboxylic acids is 1. The SMILES string of the molecule is CC(=O)N[C@@H]1[C@H](OCc2ccccc2)O[C@@H]2COC(C)(C)O[C@H]2[C@H]1O. The molecule has 0 bridgehead atoms. The summed E-state index contributed by atoms with van der Waals surface area (Å²) in [5.41, 5.74) is 0.974. The topological polar surface area (TPSA) is 86.3 Å². The van der Waals surface area contributed by atoms with Crippen LogP contribution >= 0.6 is 0 Å². The molecule has 2 aliphatic rings. The molecule has 7 nitrogen and oxygen atoms in total. The van der Waals surface area contributed by atoms with Crippen molar-refractivity contribution in [2.45, 2.75) is 63.8 Å². The van der Waals surface area contributed by atoms with E-state index in [0.717, 1.165) is 5.56 Å². The predicted octanol–water partition coefficient (Wildman–Crippen LogP) is 0.945. The average molecular weight is 351 g/mol. The molecule has 2 N–H and O–H groups in total. The smallest absolute Gasteiger partial charge is 0.217 e. The molecule has 0 radical (unpaired) electrons. The Bertz CT molecular complexity index is 592. The van der Waals surface area contributed by atoms with E-state index in [-0.39, 0.29) is 12.5 Å². The van der Waals surface area contributed by atoms with Crippen molar-refractivity contribution in [3.8, 4) is 0 Å². The maximum atomic E-state index is 11.6. The van der Waals surface area contributed by atoms with Crippen LogP contribution in [0.3, 0.4) is 0 Å². The molecule has 0 aromatic heterocycles. The first-order valence-electron chi connectivity index (χ1n) is 8.44. The summed E-state index contributed by atoms with van der Waals surface area (Å²) in [5.74, 6) is -1.09. The van der Waals surface area contributed by atoms with Gasteiger partial charge >= 0.3 is 0 Å². The highest BCUT2D eigenvalue weighted by molar-refractivity contribution is 5.73. The Hall–Kier alpha value is -1.51. The van der Waals surface area contributed by atoms with E-state index in [1.54, 1.807) is 13.8 Å². The predicted molar refractivity (Wildman–Crippen MR) is 88.4 cm³/mol. The van der Waals surface area contributed by atoms with Crippen LogP contribution in [-0.4, -0.2) is 54.1 Å². The summed E-state index contributed by atoms with van der Waals surface area (Å²) in [6.07, 6.45) is -2.83. The molecule has 1 amide bonds. The second kappa shape index (κ2) is 7.39. The van der Waals surface area contributed by atoms with E-state index in [9.17, 15) is 9.90 Å². The van der Waals surface area contributed by atoms with E-state index < -0.39 is 36.4 Å². The summed E-state index contributed by atoms with van der Waals surface area (Å²) in [5, 5.41) is 13.5. The fourth-order valence-corrected chi connectivity index (χ4v) is 3.13. The third kappa shape index (κ3) is 4.37. The van der Waals surface area contributed by atoms with Gasteiger partial charge in [-0.15, -0.1) is 0 Å². The number of benzene rings is 1. The second-order valence-corrected chi connectivity index (χ2v) is 6.85. The lowest BCUT2D eigenvalue weighted by Gasteiger charge is -2.49. The number of hydrogen-bond donors (Lipinski definition) is 2. The molecule has 1 aromatic carbocycles. The zero-order valence-corrected chi connectivity index (χ0v) is 14.7. The number of carbonyl (C=O) groups is 1. The molecule has 7 heteroatoms. The third-order valence-electron chi connectivity index (χ3n) is 4.32. The fraction of sp³-hybridized carbons (Fsp3) is 0.611. The summed E-state index contributed by atoms with van der Waals surface area (Å²) in [6, 6.07) is 8.91. The third-order valence-corrected chi connectivity index (χ3v) is 4.32. The van der Waals surface area contributed by atoms with Gasteiger partial charge in [0.2, 0.25) is 5.91 Å². The molecule has 5 atom stereocenters. The monoisotopic (exact) mass is 351 g/mol. The van der Waals surface area contributed by atoms with E-state index in [0.29, 0.717) is 6.61 Å². The summed E-state index contributed by atoms with van der Waals surface area (Å²) in [7, 11) is 0. The van der Waals surface area contributed by atoms with Crippen LogP contribution in [0.5, 0.6) is 0 Å². The normalized spacial score (nSPS) is 34.2. The number of rotatable bonds is 4. The number of fused-ring (bicyclic) bond motifs is 1. The minimum Gasteiger partial charge on any atom is -0.388 e. The van der Waals surface area contributed by atoms with Crippen molar-refractivity contribution in [3.05, 3.63) is 35.9 Å². The molecule has 3 rings (SSSR count). The first-order valence-corrected chi connectivity index (χ1v) is 8.44. The standard InChI is InChI=1S/C18H25NO6/c1-11(20)19-14-15(21)16-13(10-23-18(2,3)25-16)24-17(14)22-9-12-7-5-4-6-8-12/h4-8,13-17,21H,9-10H2,1-3H3,(H,19,20)/t13-,14+,15+,16-,17-/m1/s1. The van der Waals surface area contributed by atoms with Gasteiger partial charge in [0.05, 0.1) is 13.2 Å². The summed E-state index contributed by atoms with van der Waals surface area (Å²) in [6.45, 7) is 5.54. The minimum atomic E-state index is -0.966. The van der Waals surface area contributed by atoms with Crippen LogP contribution in [0.25, 0.3) is 0 Å². The molecular formula is C18H25NO6. The number of amides is 1. The quantitative estimate of drug-likeness (QED) is 0.840. The maximum absolute atomic E-state index is 11.6. The number of hydrogen-bond acceptors (Lipinski definition) is 6. The Morgan fingerprint density at radius 3 is 2.76 bits per heavy atom. The van der Waals surface area contributed by atoms with Gasteiger partial charge in [0.15, 0.2) is 12.1 Å². The largest absolute Gasteiger partial charge is 0.388 e. The number of aliphatic hydroxyl groups is 1. The van der Waals surface area contributed by atoms with Crippen LogP contribution in [0.2, 0.25) is 0 Å². The molecule has 2 fully saturated rings. The molecule has 0 spiro atoms. The zero-order chi connectivity index (χ0) is 18.0. The number of nitrogens with one attached hydrogen (secondary N) is 1. The summed E-state index contributed by atoms with van der Waals surface area (Å²) >= 11 is 0. The van der Waals surface area contributed by atoms with Crippen molar-refractivity contribution >= 4 is 5.91 Å². The highest BCUT2D eigenvalue weighted by Crippen LogP contribution is 2.33. The van der Waals surface area contributed by atoms with Crippen LogP contribution in [0, 0.1) is 0 Å². The lowest BCUT2D eigenvalue weighted by atomic mass is 9.95. The van der Waals surface area contributed by atoms with Gasteiger partial charge in [-0.3, -0.25) is 4.79 Å². The molecule has 138 valence electrons. The Morgan fingerprint density at radius 1 is 1.36 bits per heavy atom. The molecule has 0 aliphatic carbocycles. The number of ether oxygens (including phenoxy) is 4. The van der Waals surface area contributed by atoms with E-state index in [4.69, 9.17) is 18.9 Å². The lowest BCUT2D eigenvalue weighted by Crippen LogP contribution is -2.68. The molecule has 1 aromatic rings. The van der Waals surface area contributed by atoms with Crippen LogP contribution < -0.4 is 5.32 Å². The van der Waals surface area contributed by atoms with Crippen LogP contribution in [0.4, 0.5) is 0 Å². The van der Waals surface area contributed by atoms with Crippen molar-refractivity contribution < 1.29 is 28.8 Å². The Kier molecular flexibility index (Phi) is 5.41. The maximum Gasteiger partial charge on any atom is 0.217 e. The molecular weight excluding hydrogens is 326 g/mol. The molecule has 2 aliphatic heterocycles. The Balaban J connectivity index is 1.73. The zero-order valence-electron chi connectivity index (χ0n) is 14.7. The van der Waals surface area contributed by atoms with Crippen LogP contribution in [0.15, 0.2) is 30.3 Å². The lowest BCUT2D eigenvalue weighted by molar-refractivity contribution is -0.369. The first-order chi connectivity index (χ1) is 11.9. The molecule has 2 heterocycles. The van der Waals surface area contributed by atoms with Gasteiger partial charge in [-0.05, 0) is 19.4 Å². The van der Waals surface area contributed by atoms with Gasteiger partial charge in [0, 0.05) is 6.92 Å². The van der Waals surface area contributed by atoms with Crippen molar-refractivity contribution in [3.63, 3.8) is 0 Å². The van der Waals surface area contributed by atoms with Crippen molar-refractivity contribution in [1.29, 1.82) is 0 Å². The van der Waals surface area contributed by atoms with Gasteiger partial charge < -0.3 is 29.4 Å². The molecule has 0 saturated carbocycles. The van der Waals surface area contributed by atoms with Crippen LogP contribution in [0.1, 0.15) is 26.3 Å². The van der Waals surface area contributed by atoms with Gasteiger partial charge in [0.25, 0.3) is 0 Å². The molecule has 0 unspecified atom stereocenters. The van der Waals surface area contributed by atoms with Gasteiger partial charge in [-0.2, -0.15) is 0 Å². The number of aliphatic hydroxyl groups excluding tert-OH is 1. The van der Waals surface area contributed by atoms with E-state index in [2.05, 4.69) is 5.32 Å². The summed E-state index contributed by atoms with van der Waals surface area (Å²) in [4.78, 5) is 11.6. The highest BCUT2D eigenvalue weighted by Gasteiger charge is 2.51. The van der Waals surface area contributed by atoms with E-state index in [1.165, 1.54) is 6.92 Å². The van der Waals surface area contributed by atoms with Crippen molar-refractivity contribution in [2.24, 2.45) is 0 Å². The van der Waals surface area contributed by atoms with Crippen molar-refractivity contribution in [1.82, 2.24) is 5.32 Å². The van der Waals surface area contributed by atoms with Gasteiger partial charge in [-0.1, -0.05) is 30.3 Å². The molecule has 2 saturated heterocycles. The second-order valence-electron chi connectivity index (χ2n) is 6.85. The molecule has 25 heavy (non-hydrogen) atoms. The minimum absolute atomic E-state index is 0.272. The van der Waals surface area contributed by atoms with Crippen LogP contribution in [-0.2, 0) is 30.3 Å². The van der Waals surface area contributed by atoms with Gasteiger partial charge in [-0.25, -0.2) is 0 Å². The van der Waals surface area contributed by atoms with E-state index in [1.807, 2.05) is 30.3 Å². The van der Waals surface area contributed by atoms with E-state index >= 15 is 0 Å². The Morgan fingerprint density at radius 2 is 2.08 bits per heavy atom. The van der Waals surface area contributed by atoms with Crippen molar-refractivity contribution in [2.75, 3.05) is 6.61 Å². The summed E-state index contributed by atoms with van der Waals surface area (Å²) < 4.78 is 23.2.